The molecule has 0 fully saturated rings. The molecule has 1 aromatic rings. The van der Waals surface area contributed by atoms with Gasteiger partial charge in [-0.2, -0.15) is 0 Å². The molecular weight excluding hydrogens is 212 g/mol. The van der Waals surface area contributed by atoms with Crippen LogP contribution in [0.2, 0.25) is 0 Å². The van der Waals surface area contributed by atoms with E-state index < -0.39 is 0 Å². The molecule has 0 heterocycles. The molecule has 0 aliphatic heterocycles. The van der Waals surface area contributed by atoms with E-state index in [0.29, 0.717) is 0 Å². The largest absolute Gasteiger partial charge is 0.0651 e. The second-order valence-electron chi connectivity index (χ2n) is 3.28. The van der Waals surface area contributed by atoms with E-state index in [4.69, 9.17) is 0 Å². The summed E-state index contributed by atoms with van der Waals surface area (Å²) in [5, 5.41) is 0. The van der Waals surface area contributed by atoms with Gasteiger partial charge in [-0.25, -0.2) is 0 Å². The van der Waals surface area contributed by atoms with Crippen LogP contribution in [-0.4, -0.2) is 0 Å². The number of benzene rings is 1. The van der Waals surface area contributed by atoms with Crippen LogP contribution in [0.15, 0.2) is 16.6 Å². The van der Waals surface area contributed by atoms with Gasteiger partial charge in [0, 0.05) is 4.47 Å². The number of rotatable bonds is 2. The van der Waals surface area contributed by atoms with Crippen molar-refractivity contribution in [2.24, 2.45) is 0 Å². The Morgan fingerprint density at radius 1 is 1.17 bits per heavy atom. The maximum atomic E-state index is 3.53. The van der Waals surface area contributed by atoms with Gasteiger partial charge in [0.1, 0.15) is 0 Å². The van der Waals surface area contributed by atoms with E-state index in [2.05, 4.69) is 48.8 Å². The van der Waals surface area contributed by atoms with E-state index >= 15 is 0 Å². The number of hydrogen-bond donors (Lipinski definition) is 0. The van der Waals surface area contributed by atoms with Crippen LogP contribution >= 0.6 is 15.9 Å². The molecule has 1 rings (SSSR count). The minimum Gasteiger partial charge on any atom is -0.0651 e. The lowest BCUT2D eigenvalue weighted by Gasteiger charge is -2.07. The average molecular weight is 227 g/mol. The highest BCUT2D eigenvalue weighted by atomic mass is 79.9. The van der Waals surface area contributed by atoms with Gasteiger partial charge in [-0.05, 0) is 43.0 Å². The van der Waals surface area contributed by atoms with Crippen LogP contribution in [0.25, 0.3) is 0 Å². The van der Waals surface area contributed by atoms with Crippen LogP contribution in [0.5, 0.6) is 0 Å². The molecule has 0 spiro atoms. The summed E-state index contributed by atoms with van der Waals surface area (Å²) in [4.78, 5) is 0. The second kappa shape index (κ2) is 4.08. The Kier molecular flexibility index (Phi) is 3.33. The smallest absolute Gasteiger partial charge is 0.0207 e. The van der Waals surface area contributed by atoms with Gasteiger partial charge < -0.3 is 0 Å². The molecule has 0 aliphatic carbocycles. The first-order valence-electron chi connectivity index (χ1n) is 4.40. The molecule has 1 aromatic carbocycles. The zero-order valence-corrected chi connectivity index (χ0v) is 9.53. The zero-order chi connectivity index (χ0) is 9.14. The van der Waals surface area contributed by atoms with Crippen molar-refractivity contribution >= 4 is 15.9 Å². The monoisotopic (exact) mass is 226 g/mol. The molecule has 0 amide bonds. The molecule has 1 heteroatoms. The van der Waals surface area contributed by atoms with Crippen molar-refractivity contribution in [3.8, 4) is 0 Å². The molecular formula is C11H15Br. The summed E-state index contributed by atoms with van der Waals surface area (Å²) in [7, 11) is 0. The topological polar surface area (TPSA) is 0 Å². The predicted molar refractivity (Wildman–Crippen MR) is 57.6 cm³/mol. The Morgan fingerprint density at radius 2 is 1.83 bits per heavy atom. The van der Waals surface area contributed by atoms with Gasteiger partial charge in [0.2, 0.25) is 0 Å². The van der Waals surface area contributed by atoms with Gasteiger partial charge in [0.15, 0.2) is 0 Å². The highest BCUT2D eigenvalue weighted by Crippen LogP contribution is 2.21. The summed E-state index contributed by atoms with van der Waals surface area (Å²) in [6.07, 6.45) is 2.42. The fraction of sp³-hybridized carbons (Fsp3) is 0.455. The highest BCUT2D eigenvalue weighted by Gasteiger charge is 2.00. The predicted octanol–water partition coefficient (Wildman–Crippen LogP) is 4.02. The Hall–Kier alpha value is -0.300. The lowest BCUT2D eigenvalue weighted by Crippen LogP contribution is -1.90. The van der Waals surface area contributed by atoms with Gasteiger partial charge in [-0.3, -0.25) is 0 Å². The van der Waals surface area contributed by atoms with Crippen LogP contribution in [0.1, 0.15) is 30.0 Å². The first-order chi connectivity index (χ1) is 5.65. The van der Waals surface area contributed by atoms with Crippen LogP contribution in [0, 0.1) is 13.8 Å². The molecule has 0 bridgehead atoms. The van der Waals surface area contributed by atoms with Crippen molar-refractivity contribution in [1.29, 1.82) is 0 Å². The Balaban J connectivity index is 3.05. The third kappa shape index (κ3) is 2.10. The van der Waals surface area contributed by atoms with Crippen molar-refractivity contribution in [3.63, 3.8) is 0 Å². The number of halogens is 1. The van der Waals surface area contributed by atoms with E-state index in [1.165, 1.54) is 34.0 Å². The van der Waals surface area contributed by atoms with Gasteiger partial charge in [0.25, 0.3) is 0 Å². The van der Waals surface area contributed by atoms with Gasteiger partial charge >= 0.3 is 0 Å². The summed E-state index contributed by atoms with van der Waals surface area (Å²) in [6.45, 7) is 6.54. The first-order valence-corrected chi connectivity index (χ1v) is 5.20. The molecule has 66 valence electrons. The lowest BCUT2D eigenvalue weighted by molar-refractivity contribution is 0.910. The summed E-state index contributed by atoms with van der Waals surface area (Å²) < 4.78 is 1.22. The van der Waals surface area contributed by atoms with E-state index in [1.807, 2.05) is 0 Å². The summed E-state index contributed by atoms with van der Waals surface area (Å²) in [6, 6.07) is 4.49. The zero-order valence-electron chi connectivity index (χ0n) is 7.95. The second-order valence-corrected chi connectivity index (χ2v) is 4.13. The van der Waals surface area contributed by atoms with Crippen molar-refractivity contribution in [3.05, 3.63) is 33.3 Å². The SMILES string of the molecule is CCCc1cc(C)c(Br)cc1C. The van der Waals surface area contributed by atoms with Crippen LogP contribution in [-0.2, 0) is 6.42 Å². The van der Waals surface area contributed by atoms with E-state index in [0.717, 1.165) is 0 Å². The Bertz CT molecular complexity index is 277. The lowest BCUT2D eigenvalue weighted by atomic mass is 10.0. The highest BCUT2D eigenvalue weighted by molar-refractivity contribution is 9.10. The Labute approximate surface area is 83.1 Å². The fourth-order valence-corrected chi connectivity index (χ4v) is 1.84. The molecule has 0 unspecified atom stereocenters. The molecule has 0 aromatic heterocycles. The third-order valence-electron chi connectivity index (χ3n) is 2.14. The van der Waals surface area contributed by atoms with Crippen LogP contribution in [0.3, 0.4) is 0 Å². The quantitative estimate of drug-likeness (QED) is 0.715. The van der Waals surface area contributed by atoms with Crippen molar-refractivity contribution in [1.82, 2.24) is 0 Å². The average Bonchev–Trinajstić information content (AvgIpc) is 2.01. The molecule has 0 aliphatic rings. The normalized spacial score (nSPS) is 10.3. The fourth-order valence-electron chi connectivity index (χ4n) is 1.38. The summed E-state index contributed by atoms with van der Waals surface area (Å²) >= 11 is 3.53. The molecule has 0 saturated heterocycles. The van der Waals surface area contributed by atoms with E-state index in [1.54, 1.807) is 0 Å². The summed E-state index contributed by atoms with van der Waals surface area (Å²) in [5.74, 6) is 0. The maximum absolute atomic E-state index is 3.53. The number of aryl methyl sites for hydroxylation is 3. The minimum absolute atomic E-state index is 1.19. The first kappa shape index (κ1) is 9.79. The maximum Gasteiger partial charge on any atom is 0.0207 e. The molecule has 0 radical (unpaired) electrons. The van der Waals surface area contributed by atoms with Gasteiger partial charge in [0.05, 0.1) is 0 Å². The third-order valence-corrected chi connectivity index (χ3v) is 2.99. The van der Waals surface area contributed by atoms with Crippen molar-refractivity contribution in [2.45, 2.75) is 33.6 Å². The van der Waals surface area contributed by atoms with E-state index in [9.17, 15) is 0 Å². The van der Waals surface area contributed by atoms with Crippen molar-refractivity contribution in [2.75, 3.05) is 0 Å². The van der Waals surface area contributed by atoms with Gasteiger partial charge in [-0.1, -0.05) is 35.3 Å². The van der Waals surface area contributed by atoms with Crippen molar-refractivity contribution < 1.29 is 0 Å². The molecule has 0 N–H and O–H groups in total. The Morgan fingerprint density at radius 3 is 2.42 bits per heavy atom. The summed E-state index contributed by atoms with van der Waals surface area (Å²) in [5.41, 5.74) is 4.22. The molecule has 12 heavy (non-hydrogen) atoms. The standard InChI is InChI=1S/C11H15Br/c1-4-5-10-6-9(3)11(12)7-8(10)2/h6-7H,4-5H2,1-3H3. The van der Waals surface area contributed by atoms with Crippen LogP contribution in [0.4, 0.5) is 0 Å². The molecule has 0 nitrogen and oxygen atoms in total. The molecule has 0 atom stereocenters. The number of hydrogen-bond acceptors (Lipinski definition) is 0. The minimum atomic E-state index is 1.19. The van der Waals surface area contributed by atoms with Crippen LogP contribution < -0.4 is 0 Å². The molecule has 0 saturated carbocycles. The van der Waals surface area contributed by atoms with E-state index in [-0.39, 0.29) is 0 Å². The van der Waals surface area contributed by atoms with Gasteiger partial charge in [-0.15, -0.1) is 0 Å².